The van der Waals surface area contributed by atoms with Crippen LogP contribution in [-0.4, -0.2) is 24.6 Å². The lowest BCUT2D eigenvalue weighted by Gasteiger charge is -2.09. The predicted molar refractivity (Wildman–Crippen MR) is 112 cm³/mol. The first-order chi connectivity index (χ1) is 12.6. The number of benzene rings is 1. The molecule has 0 bridgehead atoms. The van der Waals surface area contributed by atoms with Gasteiger partial charge in [-0.3, -0.25) is 9.98 Å². The van der Waals surface area contributed by atoms with E-state index >= 15 is 0 Å². The van der Waals surface area contributed by atoms with Crippen molar-refractivity contribution in [2.75, 3.05) is 0 Å². The Kier molecular flexibility index (Phi) is 7.62. The second kappa shape index (κ2) is 10.2. The first-order valence-electron chi connectivity index (χ1n) is 8.86. The third kappa shape index (κ3) is 7.34. The van der Waals surface area contributed by atoms with Gasteiger partial charge in [-0.2, -0.15) is 0 Å². The molecule has 0 spiro atoms. The zero-order valence-electron chi connectivity index (χ0n) is 15.5. The van der Waals surface area contributed by atoms with Crippen LogP contribution >= 0.6 is 0 Å². The topological polar surface area (TPSA) is 60.0 Å². The fraction of sp³-hybridized carbons (Fsp3) is 0.273. The highest BCUT2D eigenvalue weighted by Gasteiger charge is 2.18. The van der Waals surface area contributed by atoms with Crippen LogP contribution < -0.4 is 10.5 Å². The lowest BCUT2D eigenvalue weighted by molar-refractivity contribution is 0.242. The van der Waals surface area contributed by atoms with Gasteiger partial charge >= 0.3 is 0 Å². The van der Waals surface area contributed by atoms with E-state index in [2.05, 4.69) is 16.6 Å². The molecule has 1 aromatic carbocycles. The van der Waals surface area contributed by atoms with E-state index in [4.69, 9.17) is 10.5 Å². The molecule has 26 heavy (non-hydrogen) atoms. The van der Waals surface area contributed by atoms with Crippen molar-refractivity contribution in [2.45, 2.75) is 38.8 Å². The van der Waals surface area contributed by atoms with E-state index in [0.29, 0.717) is 6.04 Å². The molecule has 0 unspecified atom stereocenters. The van der Waals surface area contributed by atoms with Crippen molar-refractivity contribution in [2.24, 2.45) is 15.7 Å². The molecule has 0 heterocycles. The molecule has 0 saturated heterocycles. The van der Waals surface area contributed by atoms with Crippen LogP contribution in [0.15, 0.2) is 76.5 Å². The number of rotatable bonds is 9. The Morgan fingerprint density at radius 3 is 2.62 bits per heavy atom. The van der Waals surface area contributed by atoms with Gasteiger partial charge < -0.3 is 10.5 Å². The van der Waals surface area contributed by atoms with E-state index in [0.717, 1.165) is 22.5 Å². The first-order valence-corrected chi connectivity index (χ1v) is 8.86. The summed E-state index contributed by atoms with van der Waals surface area (Å²) in [6.45, 7) is 8.02. The van der Waals surface area contributed by atoms with Crippen molar-refractivity contribution in [3.63, 3.8) is 0 Å². The molecule has 0 radical (unpaired) electrons. The monoisotopic (exact) mass is 349 g/mol. The highest BCUT2D eigenvalue weighted by atomic mass is 16.5. The van der Waals surface area contributed by atoms with Gasteiger partial charge in [0, 0.05) is 30.4 Å². The molecule has 1 aliphatic carbocycles. The van der Waals surface area contributed by atoms with Gasteiger partial charge in [0.2, 0.25) is 0 Å². The molecule has 2 N–H and O–H groups in total. The molecule has 136 valence electrons. The van der Waals surface area contributed by atoms with Crippen LogP contribution in [-0.2, 0) is 0 Å². The Bertz CT molecular complexity index is 733. The molecule has 0 amide bonds. The molecule has 1 aromatic rings. The van der Waals surface area contributed by atoms with Crippen LogP contribution in [0.3, 0.4) is 0 Å². The smallest absolute Gasteiger partial charge is 0.119 e. The van der Waals surface area contributed by atoms with E-state index < -0.39 is 0 Å². The SMILES string of the molecule is C=C(\C=C/C=N/C=C/c1ccc(OC(C)C)cc1)C(C=NC1CC1)=CN. The Hall–Kier alpha value is -2.88. The Morgan fingerprint density at radius 1 is 1.27 bits per heavy atom. The third-order valence-corrected chi connectivity index (χ3v) is 3.60. The van der Waals surface area contributed by atoms with Gasteiger partial charge in [-0.25, -0.2) is 0 Å². The Labute approximate surface area is 156 Å². The van der Waals surface area contributed by atoms with Gasteiger partial charge in [0.05, 0.1) is 12.1 Å². The van der Waals surface area contributed by atoms with Crippen molar-refractivity contribution >= 4 is 18.5 Å². The summed E-state index contributed by atoms with van der Waals surface area (Å²) in [4.78, 5) is 8.65. The molecule has 0 aliphatic heterocycles. The minimum absolute atomic E-state index is 0.178. The summed E-state index contributed by atoms with van der Waals surface area (Å²) >= 11 is 0. The van der Waals surface area contributed by atoms with E-state index in [-0.39, 0.29) is 6.10 Å². The second-order valence-corrected chi connectivity index (χ2v) is 6.37. The van der Waals surface area contributed by atoms with Gasteiger partial charge in [-0.1, -0.05) is 24.8 Å². The van der Waals surface area contributed by atoms with Gasteiger partial charge in [0.25, 0.3) is 0 Å². The first kappa shape index (κ1) is 19.4. The molecule has 4 nitrogen and oxygen atoms in total. The van der Waals surface area contributed by atoms with Crippen LogP contribution in [0.2, 0.25) is 0 Å². The van der Waals surface area contributed by atoms with Crippen molar-refractivity contribution in [3.8, 4) is 5.75 Å². The highest BCUT2D eigenvalue weighted by molar-refractivity contribution is 5.86. The van der Waals surface area contributed by atoms with Gasteiger partial charge in [-0.05, 0) is 62.1 Å². The summed E-state index contributed by atoms with van der Waals surface area (Å²) in [5.41, 5.74) is 8.35. The number of hydrogen-bond acceptors (Lipinski definition) is 4. The quantitative estimate of drug-likeness (QED) is 0.519. The van der Waals surface area contributed by atoms with Crippen molar-refractivity contribution in [1.29, 1.82) is 0 Å². The van der Waals surface area contributed by atoms with E-state index in [1.165, 1.54) is 19.0 Å². The van der Waals surface area contributed by atoms with Crippen LogP contribution in [0.4, 0.5) is 0 Å². The van der Waals surface area contributed by atoms with E-state index in [1.807, 2.05) is 56.3 Å². The summed E-state index contributed by atoms with van der Waals surface area (Å²) in [7, 11) is 0. The Balaban J connectivity index is 1.80. The average molecular weight is 349 g/mol. The number of allylic oxidation sites excluding steroid dienone is 4. The molecule has 4 heteroatoms. The van der Waals surface area contributed by atoms with Crippen LogP contribution in [0.1, 0.15) is 32.3 Å². The number of hydrogen-bond donors (Lipinski definition) is 1. The average Bonchev–Trinajstić information content (AvgIpc) is 3.44. The lowest BCUT2D eigenvalue weighted by Crippen LogP contribution is -2.05. The number of nitrogens with zero attached hydrogens (tertiary/aromatic N) is 2. The van der Waals surface area contributed by atoms with E-state index in [9.17, 15) is 0 Å². The van der Waals surface area contributed by atoms with Gasteiger partial charge in [0.1, 0.15) is 5.75 Å². The maximum absolute atomic E-state index is 5.63. The molecule has 1 aliphatic rings. The third-order valence-electron chi connectivity index (χ3n) is 3.60. The maximum atomic E-state index is 5.63. The minimum Gasteiger partial charge on any atom is -0.491 e. The van der Waals surface area contributed by atoms with Crippen molar-refractivity contribution in [1.82, 2.24) is 0 Å². The molecular weight excluding hydrogens is 322 g/mol. The normalized spacial score (nSPS) is 15.9. The largest absolute Gasteiger partial charge is 0.491 e. The highest BCUT2D eigenvalue weighted by Crippen LogP contribution is 2.23. The zero-order chi connectivity index (χ0) is 18.8. The predicted octanol–water partition coefficient (Wildman–Crippen LogP) is 4.70. The maximum Gasteiger partial charge on any atom is 0.119 e. The zero-order valence-corrected chi connectivity index (χ0v) is 15.5. The van der Waals surface area contributed by atoms with Gasteiger partial charge in [-0.15, -0.1) is 0 Å². The molecule has 2 rings (SSSR count). The molecule has 1 fully saturated rings. The summed E-state index contributed by atoms with van der Waals surface area (Å²) < 4.78 is 5.62. The molecule has 0 atom stereocenters. The number of aliphatic imine (C=N–C) groups is 2. The molecular formula is C22H27N3O. The van der Waals surface area contributed by atoms with Gasteiger partial charge in [0.15, 0.2) is 0 Å². The molecule has 1 saturated carbocycles. The standard InChI is InChI=1S/C22H27N3O/c1-17(2)26-22-10-6-19(7-11-22)12-14-24-13-4-5-18(3)20(15-23)16-25-21-8-9-21/h4-7,10-17,21H,3,8-9,23H2,1-2H3/b5-4-,14-12+,20-15?,24-13+,25-16?. The Morgan fingerprint density at radius 2 is 2.00 bits per heavy atom. The van der Waals surface area contributed by atoms with E-state index in [1.54, 1.807) is 18.6 Å². The van der Waals surface area contributed by atoms with Crippen LogP contribution in [0.25, 0.3) is 6.08 Å². The van der Waals surface area contributed by atoms with Crippen LogP contribution in [0.5, 0.6) is 5.75 Å². The summed E-state index contributed by atoms with van der Waals surface area (Å²) in [5, 5.41) is 0. The summed E-state index contributed by atoms with van der Waals surface area (Å²) in [5.74, 6) is 0.871. The second-order valence-electron chi connectivity index (χ2n) is 6.37. The molecule has 0 aromatic heterocycles. The minimum atomic E-state index is 0.178. The van der Waals surface area contributed by atoms with Crippen molar-refractivity contribution < 1.29 is 4.74 Å². The number of ether oxygens (including phenoxy) is 1. The summed E-state index contributed by atoms with van der Waals surface area (Å²) in [6, 6.07) is 8.38. The fourth-order valence-corrected chi connectivity index (χ4v) is 2.06. The van der Waals surface area contributed by atoms with Crippen LogP contribution in [0, 0.1) is 0 Å². The summed E-state index contributed by atoms with van der Waals surface area (Å²) in [6.07, 6.45) is 14.9. The fourth-order valence-electron chi connectivity index (χ4n) is 2.06. The number of nitrogens with two attached hydrogens (primary N) is 1. The van der Waals surface area contributed by atoms with Crippen molar-refractivity contribution in [3.05, 3.63) is 72.1 Å². The lowest BCUT2D eigenvalue weighted by atomic mass is 10.1.